The zero-order valence-corrected chi connectivity index (χ0v) is 10.6. The smallest absolute Gasteiger partial charge is 0.0949 e. The van der Waals surface area contributed by atoms with Gasteiger partial charge in [0, 0.05) is 19.3 Å². The van der Waals surface area contributed by atoms with E-state index >= 15 is 0 Å². The summed E-state index contributed by atoms with van der Waals surface area (Å²) in [5.41, 5.74) is 1.22. The van der Waals surface area contributed by atoms with Gasteiger partial charge in [-0.05, 0) is 26.8 Å². The van der Waals surface area contributed by atoms with Gasteiger partial charge in [0.25, 0.3) is 0 Å². The average Bonchev–Trinajstić information content (AvgIpc) is 2.66. The second-order valence-electron chi connectivity index (χ2n) is 4.17. The van der Waals surface area contributed by atoms with Crippen LogP contribution in [0.1, 0.15) is 32.9 Å². The molecule has 0 saturated carbocycles. The topological polar surface area (TPSA) is 39.1 Å². The molecule has 0 aromatic carbocycles. The summed E-state index contributed by atoms with van der Waals surface area (Å²) in [4.78, 5) is 4.17. The van der Waals surface area contributed by atoms with Crippen LogP contribution in [-0.2, 0) is 17.8 Å². The molecule has 0 radical (unpaired) electrons. The highest BCUT2D eigenvalue weighted by Gasteiger charge is 2.01. The highest BCUT2D eigenvalue weighted by molar-refractivity contribution is 4.97. The highest BCUT2D eigenvalue weighted by atomic mass is 16.5. The van der Waals surface area contributed by atoms with E-state index < -0.39 is 0 Å². The van der Waals surface area contributed by atoms with E-state index in [2.05, 4.69) is 35.6 Å². The fraction of sp³-hybridized carbons (Fsp3) is 0.750. The molecule has 0 saturated heterocycles. The lowest BCUT2D eigenvalue weighted by Crippen LogP contribution is -2.18. The molecular weight excluding hydrogens is 202 g/mol. The molecule has 0 bridgehead atoms. The maximum atomic E-state index is 5.53. The maximum absolute atomic E-state index is 5.53. The lowest BCUT2D eigenvalue weighted by Gasteiger charge is -2.11. The van der Waals surface area contributed by atoms with E-state index in [1.165, 1.54) is 5.69 Å². The summed E-state index contributed by atoms with van der Waals surface area (Å²) >= 11 is 0. The number of aromatic nitrogens is 2. The van der Waals surface area contributed by atoms with Crippen molar-refractivity contribution >= 4 is 0 Å². The van der Waals surface area contributed by atoms with E-state index in [1.807, 2.05) is 12.5 Å². The zero-order valence-electron chi connectivity index (χ0n) is 10.6. The fourth-order valence-electron chi connectivity index (χ4n) is 1.48. The quantitative estimate of drug-likeness (QED) is 0.686. The number of ether oxygens (including phenoxy) is 1. The van der Waals surface area contributed by atoms with Crippen molar-refractivity contribution in [3.63, 3.8) is 0 Å². The molecule has 0 aliphatic carbocycles. The van der Waals surface area contributed by atoms with Gasteiger partial charge in [-0.25, -0.2) is 4.98 Å². The van der Waals surface area contributed by atoms with E-state index in [0.29, 0.717) is 6.10 Å². The molecule has 1 N–H and O–H groups in total. The van der Waals surface area contributed by atoms with Gasteiger partial charge in [0.05, 0.1) is 24.7 Å². The van der Waals surface area contributed by atoms with Crippen molar-refractivity contribution < 1.29 is 4.74 Å². The molecule has 0 amide bonds. The largest absolute Gasteiger partial charge is 0.377 e. The van der Waals surface area contributed by atoms with Crippen LogP contribution in [0.15, 0.2) is 12.5 Å². The monoisotopic (exact) mass is 225 g/mol. The molecule has 1 heterocycles. The summed E-state index contributed by atoms with van der Waals surface area (Å²) < 4.78 is 7.67. The summed E-state index contributed by atoms with van der Waals surface area (Å²) in [5.74, 6) is 0. The van der Waals surface area contributed by atoms with Crippen LogP contribution in [0.5, 0.6) is 0 Å². The molecule has 0 fully saturated rings. The molecule has 1 aromatic heterocycles. The average molecular weight is 225 g/mol. The Morgan fingerprint density at radius 3 is 3.00 bits per heavy atom. The first-order valence-corrected chi connectivity index (χ1v) is 6.05. The Hall–Kier alpha value is -0.870. The minimum atomic E-state index is 0.296. The Kier molecular flexibility index (Phi) is 6.11. The van der Waals surface area contributed by atoms with Crippen LogP contribution in [0.3, 0.4) is 0 Å². The molecule has 0 atom stereocenters. The Morgan fingerprint density at radius 1 is 1.50 bits per heavy atom. The lowest BCUT2D eigenvalue weighted by molar-refractivity contribution is 0.0723. The Labute approximate surface area is 98.0 Å². The summed E-state index contributed by atoms with van der Waals surface area (Å²) in [6.45, 7) is 9.83. The van der Waals surface area contributed by atoms with Crippen LogP contribution in [0.25, 0.3) is 0 Å². The van der Waals surface area contributed by atoms with Gasteiger partial charge < -0.3 is 14.6 Å². The van der Waals surface area contributed by atoms with Crippen LogP contribution in [0, 0.1) is 0 Å². The third kappa shape index (κ3) is 4.77. The Morgan fingerprint density at radius 2 is 2.31 bits per heavy atom. The van der Waals surface area contributed by atoms with Gasteiger partial charge in [-0.3, -0.25) is 0 Å². The van der Waals surface area contributed by atoms with Crippen LogP contribution >= 0.6 is 0 Å². The third-order valence-electron chi connectivity index (χ3n) is 2.31. The molecule has 0 aliphatic rings. The first kappa shape index (κ1) is 13.2. The van der Waals surface area contributed by atoms with E-state index in [4.69, 9.17) is 4.74 Å². The molecular formula is C12H23N3O. The predicted molar refractivity (Wildman–Crippen MR) is 65.3 cm³/mol. The first-order valence-electron chi connectivity index (χ1n) is 6.05. The number of hydrogen-bond donors (Lipinski definition) is 1. The van der Waals surface area contributed by atoms with Crippen molar-refractivity contribution in [2.24, 2.45) is 0 Å². The predicted octanol–water partition coefficient (Wildman–Crippen LogP) is 1.81. The normalized spacial score (nSPS) is 11.2. The van der Waals surface area contributed by atoms with Gasteiger partial charge in [0.2, 0.25) is 0 Å². The molecule has 1 aromatic rings. The molecule has 4 heteroatoms. The van der Waals surface area contributed by atoms with Gasteiger partial charge in [-0.2, -0.15) is 0 Å². The lowest BCUT2D eigenvalue weighted by atomic mass is 10.4. The van der Waals surface area contributed by atoms with E-state index in [0.717, 1.165) is 32.7 Å². The van der Waals surface area contributed by atoms with Crippen LogP contribution in [0.4, 0.5) is 0 Å². The van der Waals surface area contributed by atoms with Crippen LogP contribution < -0.4 is 5.32 Å². The van der Waals surface area contributed by atoms with Gasteiger partial charge in [-0.15, -0.1) is 0 Å². The van der Waals surface area contributed by atoms with Gasteiger partial charge >= 0.3 is 0 Å². The SMILES string of the molecule is CCCNCc1cncn1CCOC(C)C. The standard InChI is InChI=1S/C12H23N3O/c1-4-5-13-8-12-9-14-10-15(12)6-7-16-11(2)3/h9-11,13H,4-8H2,1-3H3. The van der Waals surface area contributed by atoms with Gasteiger partial charge in [-0.1, -0.05) is 6.92 Å². The maximum Gasteiger partial charge on any atom is 0.0949 e. The molecule has 0 unspecified atom stereocenters. The first-order chi connectivity index (χ1) is 7.74. The van der Waals surface area contributed by atoms with Crippen molar-refractivity contribution in [2.75, 3.05) is 13.2 Å². The van der Waals surface area contributed by atoms with Gasteiger partial charge in [0.1, 0.15) is 0 Å². The van der Waals surface area contributed by atoms with Crippen molar-refractivity contribution in [1.82, 2.24) is 14.9 Å². The number of nitrogens with one attached hydrogen (secondary N) is 1. The molecule has 4 nitrogen and oxygen atoms in total. The zero-order chi connectivity index (χ0) is 11.8. The fourth-order valence-corrected chi connectivity index (χ4v) is 1.48. The third-order valence-corrected chi connectivity index (χ3v) is 2.31. The van der Waals surface area contributed by atoms with E-state index in [-0.39, 0.29) is 0 Å². The molecule has 92 valence electrons. The molecule has 0 aliphatic heterocycles. The van der Waals surface area contributed by atoms with Crippen LogP contribution in [-0.4, -0.2) is 28.8 Å². The van der Waals surface area contributed by atoms with Crippen LogP contribution in [0.2, 0.25) is 0 Å². The molecule has 16 heavy (non-hydrogen) atoms. The summed E-state index contributed by atoms with van der Waals surface area (Å²) in [6.07, 6.45) is 5.24. The van der Waals surface area contributed by atoms with Crippen molar-refractivity contribution in [1.29, 1.82) is 0 Å². The molecule has 1 rings (SSSR count). The Bertz CT molecular complexity index is 284. The number of rotatable bonds is 8. The van der Waals surface area contributed by atoms with Gasteiger partial charge in [0.15, 0.2) is 0 Å². The molecule has 0 spiro atoms. The second kappa shape index (κ2) is 7.41. The number of hydrogen-bond acceptors (Lipinski definition) is 3. The highest BCUT2D eigenvalue weighted by Crippen LogP contribution is 2.00. The summed E-state index contributed by atoms with van der Waals surface area (Å²) in [7, 11) is 0. The minimum absolute atomic E-state index is 0.296. The van der Waals surface area contributed by atoms with E-state index in [1.54, 1.807) is 0 Å². The summed E-state index contributed by atoms with van der Waals surface area (Å²) in [5, 5.41) is 3.38. The number of imidazole rings is 1. The minimum Gasteiger partial charge on any atom is -0.377 e. The second-order valence-corrected chi connectivity index (χ2v) is 4.17. The Balaban J connectivity index is 2.32. The van der Waals surface area contributed by atoms with Crippen molar-refractivity contribution in [3.05, 3.63) is 18.2 Å². The van der Waals surface area contributed by atoms with Crippen molar-refractivity contribution in [2.45, 2.75) is 46.4 Å². The van der Waals surface area contributed by atoms with Crippen molar-refractivity contribution in [3.8, 4) is 0 Å². The summed E-state index contributed by atoms with van der Waals surface area (Å²) in [6, 6.07) is 0. The number of nitrogens with zero attached hydrogens (tertiary/aromatic N) is 2. The van der Waals surface area contributed by atoms with E-state index in [9.17, 15) is 0 Å².